The van der Waals surface area contributed by atoms with Gasteiger partial charge in [-0.25, -0.2) is 0 Å². The summed E-state index contributed by atoms with van der Waals surface area (Å²) in [5, 5.41) is 0. The lowest BCUT2D eigenvalue weighted by Crippen LogP contribution is -2.47. The van der Waals surface area contributed by atoms with Gasteiger partial charge in [-0.3, -0.25) is 20.4 Å². The monoisotopic (exact) mass is 402 g/mol. The minimum atomic E-state index is -0.817. The van der Waals surface area contributed by atoms with Crippen molar-refractivity contribution in [2.75, 3.05) is 21.3 Å². The minimum absolute atomic E-state index is 0.175. The van der Waals surface area contributed by atoms with Gasteiger partial charge in [0.15, 0.2) is 17.6 Å². The zero-order chi connectivity index (χ0) is 21.6. The number of nitrogens with one attached hydrogen (secondary N) is 2. The Hall–Kier alpha value is -3.42. The number of hydrazine groups is 1. The van der Waals surface area contributed by atoms with Crippen molar-refractivity contribution >= 4 is 11.8 Å². The van der Waals surface area contributed by atoms with E-state index >= 15 is 0 Å². The van der Waals surface area contributed by atoms with Gasteiger partial charge in [0, 0.05) is 0 Å². The molecule has 0 bridgehead atoms. The number of methoxy groups -OCH3 is 3. The average Bonchev–Trinajstić information content (AvgIpc) is 2.73. The fourth-order valence-corrected chi connectivity index (χ4v) is 2.66. The summed E-state index contributed by atoms with van der Waals surface area (Å²) in [6.45, 7) is 5.48. The molecule has 8 heteroatoms. The topological polar surface area (TPSA) is 95.1 Å². The third-order valence-corrected chi connectivity index (χ3v) is 4.48. The number of rotatable bonds is 7. The fourth-order valence-electron chi connectivity index (χ4n) is 2.66. The molecule has 0 aliphatic heterocycles. The first-order valence-electron chi connectivity index (χ1n) is 8.96. The lowest BCUT2D eigenvalue weighted by atomic mass is 10.1. The molecule has 0 spiro atoms. The second-order valence-electron chi connectivity index (χ2n) is 6.28. The molecule has 0 radical (unpaired) electrons. The molecule has 0 unspecified atom stereocenters. The Balaban J connectivity index is 2.06. The fraction of sp³-hybridized carbons (Fsp3) is 0.333. The average molecular weight is 402 g/mol. The first-order chi connectivity index (χ1) is 13.8. The molecule has 2 rings (SSSR count). The van der Waals surface area contributed by atoms with E-state index in [1.807, 2.05) is 26.0 Å². The molecule has 0 heterocycles. The normalized spacial score (nSPS) is 11.2. The third-order valence-electron chi connectivity index (χ3n) is 4.48. The summed E-state index contributed by atoms with van der Waals surface area (Å²) < 4.78 is 21.5. The zero-order valence-corrected chi connectivity index (χ0v) is 17.4. The third kappa shape index (κ3) is 4.90. The number of carbonyl (C=O) groups is 2. The highest BCUT2D eigenvalue weighted by atomic mass is 16.5. The number of ether oxygens (including phenoxy) is 4. The van der Waals surface area contributed by atoms with Gasteiger partial charge in [-0.2, -0.15) is 0 Å². The number of hydrogen-bond acceptors (Lipinski definition) is 6. The summed E-state index contributed by atoms with van der Waals surface area (Å²) in [7, 11) is 4.33. The van der Waals surface area contributed by atoms with E-state index in [2.05, 4.69) is 10.9 Å². The van der Waals surface area contributed by atoms with E-state index in [4.69, 9.17) is 18.9 Å². The molecule has 0 saturated heterocycles. The predicted octanol–water partition coefficient (Wildman–Crippen LogP) is 2.56. The van der Waals surface area contributed by atoms with Crippen molar-refractivity contribution in [1.29, 1.82) is 0 Å². The molecule has 1 atom stereocenters. The largest absolute Gasteiger partial charge is 0.493 e. The molecule has 2 amide bonds. The van der Waals surface area contributed by atoms with E-state index < -0.39 is 17.9 Å². The number of carbonyl (C=O) groups excluding carboxylic acids is 2. The van der Waals surface area contributed by atoms with E-state index in [9.17, 15) is 9.59 Å². The van der Waals surface area contributed by atoms with Gasteiger partial charge in [0.05, 0.1) is 26.9 Å². The van der Waals surface area contributed by atoms with Gasteiger partial charge in [-0.1, -0.05) is 12.1 Å². The molecule has 0 saturated carbocycles. The second kappa shape index (κ2) is 9.68. The van der Waals surface area contributed by atoms with Gasteiger partial charge in [-0.05, 0) is 50.1 Å². The molecule has 2 aromatic carbocycles. The highest BCUT2D eigenvalue weighted by Crippen LogP contribution is 2.39. The molecule has 2 aromatic rings. The Morgan fingerprint density at radius 1 is 0.862 bits per heavy atom. The first-order valence-corrected chi connectivity index (χ1v) is 8.96. The van der Waals surface area contributed by atoms with E-state index in [0.717, 1.165) is 11.1 Å². The summed E-state index contributed by atoms with van der Waals surface area (Å²) in [5.41, 5.74) is 6.91. The van der Waals surface area contributed by atoms with Gasteiger partial charge in [0.1, 0.15) is 5.75 Å². The Morgan fingerprint density at radius 2 is 1.55 bits per heavy atom. The maximum Gasteiger partial charge on any atom is 0.279 e. The molecule has 2 N–H and O–H groups in total. The number of benzene rings is 2. The Labute approximate surface area is 170 Å². The van der Waals surface area contributed by atoms with E-state index in [1.54, 1.807) is 19.1 Å². The summed E-state index contributed by atoms with van der Waals surface area (Å²) in [6.07, 6.45) is -0.817. The van der Waals surface area contributed by atoms with E-state index in [1.165, 1.54) is 27.4 Å². The standard InChI is InChI=1S/C21H26N2O6/c1-12-8-7-9-16(13(12)2)29-14(3)20(24)22-23-21(25)15-10-11-17(26-4)19(28-6)18(15)27-5/h7-11,14H,1-6H3,(H,22,24)(H,23,25)/t14-/m0/s1. The molecule has 0 fully saturated rings. The van der Waals surface area contributed by atoms with Crippen LogP contribution in [0.15, 0.2) is 30.3 Å². The summed E-state index contributed by atoms with van der Waals surface area (Å²) in [4.78, 5) is 24.9. The molecule has 29 heavy (non-hydrogen) atoms. The molecular weight excluding hydrogens is 376 g/mol. The van der Waals surface area contributed by atoms with Crippen LogP contribution in [0.5, 0.6) is 23.0 Å². The second-order valence-corrected chi connectivity index (χ2v) is 6.28. The molecule has 8 nitrogen and oxygen atoms in total. The Kier molecular flexibility index (Phi) is 7.30. The lowest BCUT2D eigenvalue weighted by molar-refractivity contribution is -0.128. The lowest BCUT2D eigenvalue weighted by Gasteiger charge is -2.18. The van der Waals surface area contributed by atoms with Crippen LogP contribution in [0, 0.1) is 13.8 Å². The Morgan fingerprint density at radius 3 is 2.17 bits per heavy atom. The highest BCUT2D eigenvalue weighted by molar-refractivity contribution is 5.99. The number of aryl methyl sites for hydroxylation is 1. The minimum Gasteiger partial charge on any atom is -0.493 e. The molecule has 0 aliphatic carbocycles. The van der Waals surface area contributed by atoms with Crippen LogP contribution in [0.2, 0.25) is 0 Å². The molecule has 0 aliphatic rings. The smallest absolute Gasteiger partial charge is 0.279 e. The van der Waals surface area contributed by atoms with Gasteiger partial charge in [0.2, 0.25) is 5.75 Å². The van der Waals surface area contributed by atoms with Crippen molar-refractivity contribution in [3.63, 3.8) is 0 Å². The van der Waals surface area contributed by atoms with Crippen LogP contribution in [0.4, 0.5) is 0 Å². The van der Waals surface area contributed by atoms with Crippen molar-refractivity contribution in [3.8, 4) is 23.0 Å². The molecule has 156 valence electrons. The van der Waals surface area contributed by atoms with Crippen molar-refractivity contribution in [2.45, 2.75) is 26.9 Å². The first kappa shape index (κ1) is 21.9. The van der Waals surface area contributed by atoms with Crippen molar-refractivity contribution in [3.05, 3.63) is 47.0 Å². The van der Waals surface area contributed by atoms with Crippen LogP contribution < -0.4 is 29.8 Å². The van der Waals surface area contributed by atoms with E-state index in [0.29, 0.717) is 11.5 Å². The molecule has 0 aromatic heterocycles. The van der Waals surface area contributed by atoms with Crippen LogP contribution in [-0.2, 0) is 4.79 Å². The van der Waals surface area contributed by atoms with Gasteiger partial charge < -0.3 is 18.9 Å². The van der Waals surface area contributed by atoms with Crippen LogP contribution in [0.3, 0.4) is 0 Å². The predicted molar refractivity (Wildman–Crippen MR) is 108 cm³/mol. The SMILES string of the molecule is COc1ccc(C(=O)NNC(=O)[C@H](C)Oc2cccc(C)c2C)c(OC)c1OC. The van der Waals surface area contributed by atoms with E-state index in [-0.39, 0.29) is 17.1 Å². The number of hydrogen-bond donors (Lipinski definition) is 2. The summed E-state index contributed by atoms with van der Waals surface area (Å²) >= 11 is 0. The van der Waals surface area contributed by atoms with Gasteiger partial charge in [0.25, 0.3) is 11.8 Å². The van der Waals surface area contributed by atoms with Gasteiger partial charge >= 0.3 is 0 Å². The van der Waals surface area contributed by atoms with Crippen molar-refractivity contribution in [2.24, 2.45) is 0 Å². The van der Waals surface area contributed by atoms with Crippen LogP contribution in [0.25, 0.3) is 0 Å². The van der Waals surface area contributed by atoms with Crippen molar-refractivity contribution in [1.82, 2.24) is 10.9 Å². The van der Waals surface area contributed by atoms with Crippen LogP contribution >= 0.6 is 0 Å². The number of amides is 2. The Bertz CT molecular complexity index is 897. The van der Waals surface area contributed by atoms with Crippen LogP contribution in [0.1, 0.15) is 28.4 Å². The van der Waals surface area contributed by atoms with Crippen LogP contribution in [-0.4, -0.2) is 39.2 Å². The quantitative estimate of drug-likeness (QED) is 0.691. The van der Waals surface area contributed by atoms with Crippen molar-refractivity contribution < 1.29 is 28.5 Å². The maximum atomic E-state index is 12.5. The molecular formula is C21H26N2O6. The maximum absolute atomic E-state index is 12.5. The van der Waals surface area contributed by atoms with Gasteiger partial charge in [-0.15, -0.1) is 0 Å². The highest BCUT2D eigenvalue weighted by Gasteiger charge is 2.22. The summed E-state index contributed by atoms with van der Waals surface area (Å²) in [5.74, 6) is 0.425. The summed E-state index contributed by atoms with van der Waals surface area (Å²) in [6, 6.07) is 8.69. The zero-order valence-electron chi connectivity index (χ0n) is 17.4.